The van der Waals surface area contributed by atoms with Gasteiger partial charge in [0.15, 0.2) is 0 Å². The summed E-state index contributed by atoms with van der Waals surface area (Å²) in [7, 11) is 0. The van der Waals surface area contributed by atoms with Gasteiger partial charge in [-0.05, 0) is 43.3 Å². The standard InChI is InChI=1S/C18H13NO5/c1-12-2-8-15(9-3-12)23-18(20)17-11-10-16(24-17)13-4-6-14(7-5-13)19(21)22/h2-11H,1H3. The number of hydrogen-bond acceptors (Lipinski definition) is 5. The number of benzene rings is 2. The molecule has 2 aromatic carbocycles. The minimum atomic E-state index is -0.605. The van der Waals surface area contributed by atoms with Crippen LogP contribution in [0.25, 0.3) is 11.3 Å². The summed E-state index contributed by atoms with van der Waals surface area (Å²) in [4.78, 5) is 22.3. The summed E-state index contributed by atoms with van der Waals surface area (Å²) in [6.07, 6.45) is 0. The molecule has 6 nitrogen and oxygen atoms in total. The molecule has 1 heterocycles. The number of carbonyl (C=O) groups is 1. The van der Waals surface area contributed by atoms with Crippen LogP contribution in [0.4, 0.5) is 5.69 Å². The van der Waals surface area contributed by atoms with E-state index in [1.54, 1.807) is 30.3 Å². The summed E-state index contributed by atoms with van der Waals surface area (Å²) in [5.74, 6) is 0.315. The SMILES string of the molecule is Cc1ccc(OC(=O)c2ccc(-c3ccc([N+](=O)[O-])cc3)o2)cc1. The fourth-order valence-electron chi connectivity index (χ4n) is 2.11. The Bertz CT molecular complexity index is 879. The van der Waals surface area contributed by atoms with Crippen molar-refractivity contribution in [1.82, 2.24) is 0 Å². The van der Waals surface area contributed by atoms with Crippen LogP contribution in [0.2, 0.25) is 0 Å². The van der Waals surface area contributed by atoms with Crippen molar-refractivity contribution in [3.8, 4) is 17.1 Å². The molecule has 6 heteroatoms. The summed E-state index contributed by atoms with van der Waals surface area (Å²) in [6, 6.07) is 16.1. The van der Waals surface area contributed by atoms with E-state index in [4.69, 9.17) is 9.15 Å². The number of ether oxygens (including phenoxy) is 1. The van der Waals surface area contributed by atoms with E-state index in [0.717, 1.165) is 5.56 Å². The van der Waals surface area contributed by atoms with E-state index in [1.807, 2.05) is 19.1 Å². The first kappa shape index (κ1) is 15.5. The zero-order valence-electron chi connectivity index (χ0n) is 12.8. The largest absolute Gasteiger partial charge is 0.449 e. The summed E-state index contributed by atoms with van der Waals surface area (Å²) >= 11 is 0. The predicted octanol–water partition coefficient (Wildman–Crippen LogP) is 4.38. The average molecular weight is 323 g/mol. The Morgan fingerprint density at radius 1 is 1.00 bits per heavy atom. The highest BCUT2D eigenvalue weighted by atomic mass is 16.6. The minimum absolute atomic E-state index is 0.00990. The van der Waals surface area contributed by atoms with Crippen molar-refractivity contribution >= 4 is 11.7 Å². The molecule has 0 amide bonds. The summed E-state index contributed by atoms with van der Waals surface area (Å²) < 4.78 is 10.7. The van der Waals surface area contributed by atoms with E-state index in [0.29, 0.717) is 17.1 Å². The normalized spacial score (nSPS) is 10.4. The Labute approximate surface area is 137 Å². The maximum atomic E-state index is 12.1. The number of furan rings is 1. The second-order valence-corrected chi connectivity index (χ2v) is 5.17. The van der Waals surface area contributed by atoms with Gasteiger partial charge in [-0.2, -0.15) is 0 Å². The first-order valence-corrected chi connectivity index (χ1v) is 7.16. The van der Waals surface area contributed by atoms with Crippen LogP contribution >= 0.6 is 0 Å². The fourth-order valence-corrected chi connectivity index (χ4v) is 2.11. The Morgan fingerprint density at radius 3 is 2.29 bits per heavy atom. The van der Waals surface area contributed by atoms with Crippen LogP contribution in [0.15, 0.2) is 65.1 Å². The number of rotatable bonds is 4. The molecular weight excluding hydrogens is 310 g/mol. The van der Waals surface area contributed by atoms with E-state index in [2.05, 4.69) is 0 Å². The van der Waals surface area contributed by atoms with E-state index >= 15 is 0 Å². The number of aryl methyl sites for hydroxylation is 1. The number of nitrogens with zero attached hydrogens (tertiary/aromatic N) is 1. The van der Waals surface area contributed by atoms with Gasteiger partial charge in [0.05, 0.1) is 4.92 Å². The highest BCUT2D eigenvalue weighted by Crippen LogP contribution is 2.25. The van der Waals surface area contributed by atoms with Gasteiger partial charge in [0.2, 0.25) is 5.76 Å². The smallest absolute Gasteiger partial charge is 0.379 e. The van der Waals surface area contributed by atoms with Crippen molar-refractivity contribution in [2.24, 2.45) is 0 Å². The predicted molar refractivity (Wildman–Crippen MR) is 86.9 cm³/mol. The van der Waals surface area contributed by atoms with E-state index < -0.39 is 10.9 Å². The van der Waals surface area contributed by atoms with Crippen LogP contribution in [0.5, 0.6) is 5.75 Å². The lowest BCUT2D eigenvalue weighted by molar-refractivity contribution is -0.384. The molecule has 0 radical (unpaired) electrons. The molecule has 0 aliphatic heterocycles. The maximum Gasteiger partial charge on any atom is 0.379 e. The third kappa shape index (κ3) is 3.33. The molecule has 0 saturated heterocycles. The van der Waals surface area contributed by atoms with Crippen molar-refractivity contribution in [1.29, 1.82) is 0 Å². The zero-order chi connectivity index (χ0) is 17.1. The lowest BCUT2D eigenvalue weighted by Gasteiger charge is -2.02. The molecule has 0 N–H and O–H groups in total. The quantitative estimate of drug-likeness (QED) is 0.308. The number of hydrogen-bond donors (Lipinski definition) is 0. The van der Waals surface area contributed by atoms with Crippen molar-refractivity contribution in [3.05, 3.63) is 82.1 Å². The van der Waals surface area contributed by atoms with E-state index in [-0.39, 0.29) is 11.4 Å². The lowest BCUT2D eigenvalue weighted by Crippen LogP contribution is -2.06. The molecule has 3 rings (SSSR count). The molecule has 0 atom stereocenters. The van der Waals surface area contributed by atoms with Gasteiger partial charge in [0.25, 0.3) is 5.69 Å². The molecule has 0 aliphatic rings. The number of nitro groups is 1. The van der Waals surface area contributed by atoms with Crippen molar-refractivity contribution in [2.75, 3.05) is 0 Å². The van der Waals surface area contributed by atoms with Crippen molar-refractivity contribution < 1.29 is 18.9 Å². The van der Waals surface area contributed by atoms with Crippen molar-refractivity contribution in [3.63, 3.8) is 0 Å². The highest BCUT2D eigenvalue weighted by Gasteiger charge is 2.15. The van der Waals surface area contributed by atoms with E-state index in [1.165, 1.54) is 18.2 Å². The third-order valence-corrected chi connectivity index (χ3v) is 3.40. The molecule has 3 aromatic rings. The molecule has 0 spiro atoms. The van der Waals surface area contributed by atoms with E-state index in [9.17, 15) is 14.9 Å². The molecule has 24 heavy (non-hydrogen) atoms. The Kier molecular flexibility index (Phi) is 4.11. The Hall–Kier alpha value is -3.41. The number of non-ortho nitro benzene ring substituents is 1. The van der Waals surface area contributed by atoms with Crippen molar-refractivity contribution in [2.45, 2.75) is 6.92 Å². The molecule has 120 valence electrons. The molecule has 0 saturated carbocycles. The molecule has 0 aliphatic carbocycles. The van der Waals surface area contributed by atoms with Gasteiger partial charge >= 0.3 is 5.97 Å². The molecule has 0 fully saturated rings. The highest BCUT2D eigenvalue weighted by molar-refractivity contribution is 5.88. The minimum Gasteiger partial charge on any atom is -0.449 e. The summed E-state index contributed by atoms with van der Waals surface area (Å²) in [5, 5.41) is 10.7. The van der Waals surface area contributed by atoms with Crippen LogP contribution in [-0.4, -0.2) is 10.9 Å². The van der Waals surface area contributed by atoms with Gasteiger partial charge in [0, 0.05) is 17.7 Å². The second-order valence-electron chi connectivity index (χ2n) is 5.17. The topological polar surface area (TPSA) is 82.6 Å². The Morgan fingerprint density at radius 2 is 1.67 bits per heavy atom. The van der Waals surface area contributed by atoms with Crippen LogP contribution in [0.1, 0.15) is 16.1 Å². The van der Waals surface area contributed by atoms with Gasteiger partial charge in [-0.15, -0.1) is 0 Å². The first-order valence-electron chi connectivity index (χ1n) is 7.16. The first-order chi connectivity index (χ1) is 11.5. The molecule has 1 aromatic heterocycles. The van der Waals surface area contributed by atoms with Crippen LogP contribution in [-0.2, 0) is 0 Å². The van der Waals surface area contributed by atoms with Crippen LogP contribution in [0, 0.1) is 17.0 Å². The van der Waals surface area contributed by atoms with Gasteiger partial charge < -0.3 is 9.15 Å². The second kappa shape index (κ2) is 6.37. The van der Waals surface area contributed by atoms with Gasteiger partial charge in [-0.1, -0.05) is 17.7 Å². The molecular formula is C18H13NO5. The van der Waals surface area contributed by atoms with Gasteiger partial charge in [-0.3, -0.25) is 10.1 Å². The van der Waals surface area contributed by atoms with Crippen LogP contribution < -0.4 is 4.74 Å². The fraction of sp³-hybridized carbons (Fsp3) is 0.0556. The average Bonchev–Trinajstić information content (AvgIpc) is 3.07. The monoisotopic (exact) mass is 323 g/mol. The van der Waals surface area contributed by atoms with Gasteiger partial charge in [-0.25, -0.2) is 4.79 Å². The Balaban J connectivity index is 1.75. The van der Waals surface area contributed by atoms with Gasteiger partial charge in [0.1, 0.15) is 11.5 Å². The summed E-state index contributed by atoms with van der Waals surface area (Å²) in [6.45, 7) is 1.94. The summed E-state index contributed by atoms with van der Waals surface area (Å²) in [5.41, 5.74) is 1.69. The number of esters is 1. The molecule has 0 unspecified atom stereocenters. The number of nitro benzene ring substituents is 1. The zero-order valence-corrected chi connectivity index (χ0v) is 12.8. The molecule has 0 bridgehead atoms. The lowest BCUT2D eigenvalue weighted by atomic mass is 10.1. The number of carbonyl (C=O) groups excluding carboxylic acids is 1. The van der Waals surface area contributed by atoms with Crippen LogP contribution in [0.3, 0.4) is 0 Å². The maximum absolute atomic E-state index is 12.1. The third-order valence-electron chi connectivity index (χ3n) is 3.40.